The lowest BCUT2D eigenvalue weighted by atomic mass is 10.1. The van der Waals surface area contributed by atoms with Crippen molar-refractivity contribution in [3.8, 4) is 5.75 Å². The number of fused-ring (bicyclic) bond motifs is 1. The summed E-state index contributed by atoms with van der Waals surface area (Å²) in [6, 6.07) is 22.3. The van der Waals surface area contributed by atoms with Crippen molar-refractivity contribution in [1.82, 2.24) is 9.55 Å². The van der Waals surface area contributed by atoms with E-state index < -0.39 is 0 Å². The van der Waals surface area contributed by atoms with Gasteiger partial charge in [-0.15, -0.1) is 0 Å². The number of ether oxygens (including phenoxy) is 1. The Morgan fingerprint density at radius 1 is 1.03 bits per heavy atom. The highest BCUT2D eigenvalue weighted by Crippen LogP contribution is 2.34. The number of carbonyl (C=O) groups is 1. The van der Waals surface area contributed by atoms with E-state index in [9.17, 15) is 4.79 Å². The number of hydrogen-bond donors (Lipinski definition) is 0. The van der Waals surface area contributed by atoms with Crippen molar-refractivity contribution < 1.29 is 9.53 Å². The summed E-state index contributed by atoms with van der Waals surface area (Å²) in [4.78, 5) is 19.8. The highest BCUT2D eigenvalue weighted by Gasteiger charge is 2.34. The molecule has 0 aliphatic carbocycles. The van der Waals surface area contributed by atoms with Crippen molar-refractivity contribution in [2.75, 3.05) is 18.1 Å². The van der Waals surface area contributed by atoms with E-state index >= 15 is 0 Å². The molecule has 0 N–H and O–H groups in total. The Morgan fingerprint density at radius 3 is 2.65 bits per heavy atom. The van der Waals surface area contributed by atoms with E-state index in [4.69, 9.17) is 9.72 Å². The van der Waals surface area contributed by atoms with Gasteiger partial charge in [0.05, 0.1) is 17.6 Å². The van der Waals surface area contributed by atoms with Gasteiger partial charge in [0.2, 0.25) is 5.91 Å². The van der Waals surface area contributed by atoms with Crippen molar-refractivity contribution in [2.24, 2.45) is 0 Å². The molecule has 1 aliphatic heterocycles. The maximum absolute atomic E-state index is 12.9. The first kappa shape index (κ1) is 22.7. The predicted octanol–water partition coefficient (Wildman–Crippen LogP) is 6.41. The minimum Gasteiger partial charge on any atom is -0.493 e. The summed E-state index contributed by atoms with van der Waals surface area (Å²) in [5.41, 5.74) is 5.44. The van der Waals surface area contributed by atoms with E-state index in [-0.39, 0.29) is 11.8 Å². The summed E-state index contributed by atoms with van der Waals surface area (Å²) in [5, 5.41) is 0. The molecule has 1 aliphatic rings. The van der Waals surface area contributed by atoms with Crippen LogP contribution in [0.15, 0.2) is 71.2 Å². The smallest absolute Gasteiger partial charge is 0.227 e. The van der Waals surface area contributed by atoms with Crippen LogP contribution in [0.25, 0.3) is 11.0 Å². The summed E-state index contributed by atoms with van der Waals surface area (Å²) in [7, 11) is 0. The number of carbonyl (C=O) groups excluding carboxylic acids is 1. The van der Waals surface area contributed by atoms with Gasteiger partial charge < -0.3 is 14.2 Å². The number of halogens is 1. The van der Waals surface area contributed by atoms with E-state index in [2.05, 4.69) is 46.5 Å². The normalized spacial score (nSPS) is 15.9. The minimum atomic E-state index is 0.0588. The molecule has 0 saturated carbocycles. The summed E-state index contributed by atoms with van der Waals surface area (Å²) in [6.45, 7) is 6.27. The number of nitrogens with zero attached hydrogens (tertiary/aromatic N) is 3. The molecule has 5 rings (SSSR count). The van der Waals surface area contributed by atoms with Crippen LogP contribution in [0.5, 0.6) is 5.75 Å². The zero-order chi connectivity index (χ0) is 23.7. The van der Waals surface area contributed by atoms with Gasteiger partial charge in [-0.1, -0.05) is 40.2 Å². The third-order valence-electron chi connectivity index (χ3n) is 6.65. The van der Waals surface area contributed by atoms with Gasteiger partial charge in [0.1, 0.15) is 11.6 Å². The largest absolute Gasteiger partial charge is 0.493 e. The number of para-hydroxylation sites is 2. The number of rotatable bonds is 7. The predicted molar refractivity (Wildman–Crippen MR) is 140 cm³/mol. The standard InChI is InChI=1S/C28H28BrN3O2/c1-19-7-5-10-26(20(19)2)34-16-6-15-31-25-9-4-3-8-24(25)30-28(31)21-17-27(33)32(18-21)23-13-11-22(29)12-14-23/h3-5,7-14,21H,6,15-18H2,1-2H3. The van der Waals surface area contributed by atoms with Crippen LogP contribution in [0.4, 0.5) is 5.69 Å². The number of benzene rings is 3. The number of aromatic nitrogens is 2. The lowest BCUT2D eigenvalue weighted by Crippen LogP contribution is -2.24. The molecule has 34 heavy (non-hydrogen) atoms. The first-order valence-electron chi connectivity index (χ1n) is 11.7. The molecular weight excluding hydrogens is 490 g/mol. The molecule has 6 heteroatoms. The van der Waals surface area contributed by atoms with E-state index in [0.717, 1.165) is 45.7 Å². The first-order valence-corrected chi connectivity index (χ1v) is 12.5. The Labute approximate surface area is 208 Å². The number of amides is 1. The minimum absolute atomic E-state index is 0.0588. The maximum Gasteiger partial charge on any atom is 0.227 e. The number of hydrogen-bond acceptors (Lipinski definition) is 3. The van der Waals surface area contributed by atoms with Crippen molar-refractivity contribution in [2.45, 2.75) is 39.2 Å². The van der Waals surface area contributed by atoms with Crippen LogP contribution in [-0.2, 0) is 11.3 Å². The van der Waals surface area contributed by atoms with Gasteiger partial charge in [0, 0.05) is 35.6 Å². The molecule has 1 atom stereocenters. The molecule has 0 bridgehead atoms. The second-order valence-corrected chi connectivity index (χ2v) is 9.81. The third kappa shape index (κ3) is 4.47. The molecule has 0 radical (unpaired) electrons. The number of imidazole rings is 1. The molecule has 174 valence electrons. The number of anilines is 1. The van der Waals surface area contributed by atoms with Gasteiger partial charge in [-0.25, -0.2) is 4.98 Å². The molecule has 2 heterocycles. The van der Waals surface area contributed by atoms with Crippen LogP contribution in [0.1, 0.15) is 35.7 Å². The molecular formula is C28H28BrN3O2. The molecule has 3 aromatic carbocycles. The molecule has 1 fully saturated rings. The fourth-order valence-electron chi connectivity index (χ4n) is 4.68. The fourth-order valence-corrected chi connectivity index (χ4v) is 4.94. The van der Waals surface area contributed by atoms with Crippen LogP contribution in [0, 0.1) is 13.8 Å². The van der Waals surface area contributed by atoms with Gasteiger partial charge in [0.25, 0.3) is 0 Å². The number of aryl methyl sites for hydroxylation is 2. The Morgan fingerprint density at radius 2 is 1.82 bits per heavy atom. The topological polar surface area (TPSA) is 47.4 Å². The highest BCUT2D eigenvalue weighted by molar-refractivity contribution is 9.10. The lowest BCUT2D eigenvalue weighted by Gasteiger charge is -2.18. The fraction of sp³-hybridized carbons (Fsp3) is 0.286. The van der Waals surface area contributed by atoms with E-state index in [1.807, 2.05) is 59.5 Å². The van der Waals surface area contributed by atoms with Crippen LogP contribution < -0.4 is 9.64 Å². The zero-order valence-electron chi connectivity index (χ0n) is 19.5. The SMILES string of the molecule is Cc1cccc(OCCCn2c(C3CC(=O)N(c4ccc(Br)cc4)C3)nc3ccccc32)c1C. The summed E-state index contributed by atoms with van der Waals surface area (Å²) in [6.07, 6.45) is 1.33. The van der Waals surface area contributed by atoms with Crippen LogP contribution >= 0.6 is 15.9 Å². The van der Waals surface area contributed by atoms with Crippen molar-refractivity contribution in [1.29, 1.82) is 0 Å². The Hall–Kier alpha value is -3.12. The van der Waals surface area contributed by atoms with Crippen LogP contribution in [0.2, 0.25) is 0 Å². The van der Waals surface area contributed by atoms with Crippen molar-refractivity contribution in [3.05, 3.63) is 88.2 Å². The molecule has 0 spiro atoms. The van der Waals surface area contributed by atoms with Gasteiger partial charge >= 0.3 is 0 Å². The Kier molecular flexibility index (Phi) is 6.42. The Balaban J connectivity index is 1.34. The molecule has 1 saturated heterocycles. The van der Waals surface area contributed by atoms with Crippen molar-refractivity contribution in [3.63, 3.8) is 0 Å². The van der Waals surface area contributed by atoms with E-state index in [0.29, 0.717) is 19.6 Å². The molecule has 1 aromatic heterocycles. The molecule has 1 amide bonds. The summed E-state index contributed by atoms with van der Waals surface area (Å²) in [5.74, 6) is 2.14. The average Bonchev–Trinajstić information content (AvgIpc) is 3.40. The van der Waals surface area contributed by atoms with Crippen molar-refractivity contribution >= 4 is 38.6 Å². The lowest BCUT2D eigenvalue weighted by molar-refractivity contribution is -0.117. The van der Waals surface area contributed by atoms with Crippen LogP contribution in [0.3, 0.4) is 0 Å². The average molecular weight is 518 g/mol. The summed E-state index contributed by atoms with van der Waals surface area (Å²) >= 11 is 3.47. The van der Waals surface area contributed by atoms with E-state index in [1.165, 1.54) is 11.1 Å². The molecule has 4 aromatic rings. The summed E-state index contributed by atoms with van der Waals surface area (Å²) < 4.78 is 9.38. The molecule has 5 nitrogen and oxygen atoms in total. The second-order valence-electron chi connectivity index (χ2n) is 8.89. The Bertz CT molecular complexity index is 1330. The van der Waals surface area contributed by atoms with Gasteiger partial charge in [-0.05, 0) is 73.9 Å². The van der Waals surface area contributed by atoms with Gasteiger partial charge in [-0.3, -0.25) is 4.79 Å². The quantitative estimate of drug-likeness (QED) is 0.266. The maximum atomic E-state index is 12.9. The van der Waals surface area contributed by atoms with Gasteiger partial charge in [0.15, 0.2) is 0 Å². The van der Waals surface area contributed by atoms with Gasteiger partial charge in [-0.2, -0.15) is 0 Å². The first-order chi connectivity index (χ1) is 16.5. The monoisotopic (exact) mass is 517 g/mol. The zero-order valence-corrected chi connectivity index (χ0v) is 21.1. The molecule has 1 unspecified atom stereocenters. The third-order valence-corrected chi connectivity index (χ3v) is 7.18. The van der Waals surface area contributed by atoms with E-state index in [1.54, 1.807) is 0 Å². The van der Waals surface area contributed by atoms with Crippen LogP contribution in [-0.4, -0.2) is 28.6 Å². The second kappa shape index (κ2) is 9.63. The highest BCUT2D eigenvalue weighted by atomic mass is 79.9.